The summed E-state index contributed by atoms with van der Waals surface area (Å²) in [6.07, 6.45) is 2.18. The molecule has 0 heterocycles. The third-order valence-corrected chi connectivity index (χ3v) is 10.0. The highest BCUT2D eigenvalue weighted by atomic mass is 32.2. The quantitative estimate of drug-likeness (QED) is 0.334. The van der Waals surface area contributed by atoms with Gasteiger partial charge in [-0.15, -0.1) is 11.8 Å². The molecule has 0 atom stereocenters. The molecule has 2 heteroatoms. The van der Waals surface area contributed by atoms with Crippen molar-refractivity contribution in [2.24, 2.45) is 0 Å². The van der Waals surface area contributed by atoms with Crippen LogP contribution in [0.5, 0.6) is 0 Å². The second-order valence-corrected chi connectivity index (χ2v) is 10.9. The Hall–Kier alpha value is -2.60. The highest BCUT2D eigenvalue weighted by molar-refractivity contribution is 8.09. The number of thioether (sulfide) groups is 1. The van der Waals surface area contributed by atoms with Crippen LogP contribution in [-0.4, -0.2) is 6.26 Å². The molecule has 0 radical (unpaired) electrons. The number of hydrogen-bond acceptors (Lipinski definition) is 1. The van der Waals surface area contributed by atoms with E-state index < -0.39 is 7.26 Å². The summed E-state index contributed by atoms with van der Waals surface area (Å²) in [5, 5.41) is 4.12. The van der Waals surface area contributed by atoms with Crippen LogP contribution in [0.3, 0.4) is 0 Å². The molecule has 0 amide bonds. The van der Waals surface area contributed by atoms with Gasteiger partial charge in [0.05, 0.1) is 10.7 Å². The summed E-state index contributed by atoms with van der Waals surface area (Å²) in [6, 6.07) is 43.7. The topological polar surface area (TPSA) is 0 Å². The first kappa shape index (κ1) is 19.7. The second-order valence-electron chi connectivity index (χ2n) is 6.79. The Labute approximate surface area is 178 Å². The van der Waals surface area contributed by atoms with E-state index >= 15 is 0 Å². The van der Waals surface area contributed by atoms with Crippen LogP contribution < -0.4 is 15.9 Å². The molecule has 0 N–H and O–H groups in total. The summed E-state index contributed by atoms with van der Waals surface area (Å²) in [5.74, 6) is 2.55. The van der Waals surface area contributed by atoms with E-state index in [1.54, 1.807) is 0 Å². The lowest BCUT2D eigenvalue weighted by Crippen LogP contribution is -2.29. The molecule has 0 aromatic heterocycles. The Kier molecular flexibility index (Phi) is 6.30. The molecule has 4 aromatic carbocycles. The second kappa shape index (κ2) is 9.27. The zero-order valence-electron chi connectivity index (χ0n) is 16.5. The lowest BCUT2D eigenvalue weighted by atomic mass is 10.2. The van der Waals surface area contributed by atoms with Crippen LogP contribution in [0.15, 0.2) is 127 Å². The number of rotatable bonds is 6. The molecule has 0 aliphatic carbocycles. The minimum Gasteiger partial charge on any atom is -0.126 e. The van der Waals surface area contributed by atoms with Crippen molar-refractivity contribution in [3.05, 3.63) is 133 Å². The lowest BCUT2D eigenvalue weighted by Gasteiger charge is -2.25. The Balaban J connectivity index is 2.07. The summed E-state index contributed by atoms with van der Waals surface area (Å²) < 4.78 is 0. The molecule has 0 saturated carbocycles. The maximum atomic E-state index is 2.55. The van der Waals surface area contributed by atoms with Gasteiger partial charge < -0.3 is 0 Å². The summed E-state index contributed by atoms with van der Waals surface area (Å²) >= 11 is 1.82. The SMILES string of the molecule is CS/C(=C\[P+](c1ccccc1)(c1ccccc1)c1ccccc1)c1ccccc1. The molecule has 0 saturated heterocycles. The van der Waals surface area contributed by atoms with E-state index in [1.807, 2.05) is 11.8 Å². The molecule has 0 spiro atoms. The first-order valence-electron chi connectivity index (χ1n) is 9.72. The predicted octanol–water partition coefficient (Wildman–Crippen LogP) is 6.34. The first-order chi connectivity index (χ1) is 14.3. The first-order valence-corrected chi connectivity index (χ1v) is 12.8. The van der Waals surface area contributed by atoms with Gasteiger partial charge in [-0.25, -0.2) is 0 Å². The largest absolute Gasteiger partial charge is 0.138 e. The Morgan fingerprint density at radius 3 is 1.24 bits per heavy atom. The van der Waals surface area contributed by atoms with Gasteiger partial charge in [0.25, 0.3) is 0 Å². The molecule has 0 nitrogen and oxygen atoms in total. The van der Waals surface area contributed by atoms with Gasteiger partial charge in [0.1, 0.15) is 23.2 Å². The van der Waals surface area contributed by atoms with Crippen LogP contribution in [0.25, 0.3) is 4.91 Å². The molecule has 0 fully saturated rings. The van der Waals surface area contributed by atoms with Crippen LogP contribution in [0.4, 0.5) is 0 Å². The summed E-state index contributed by atoms with van der Waals surface area (Å²) in [5.41, 5.74) is 1.27. The van der Waals surface area contributed by atoms with Crippen molar-refractivity contribution in [2.75, 3.05) is 6.26 Å². The maximum absolute atomic E-state index is 2.55. The minimum atomic E-state index is -1.97. The molecular weight excluding hydrogens is 387 g/mol. The van der Waals surface area contributed by atoms with E-state index in [0.29, 0.717) is 0 Å². The fraction of sp³-hybridized carbons (Fsp3) is 0.0370. The van der Waals surface area contributed by atoms with Gasteiger partial charge in [-0.05, 0) is 48.2 Å². The molecule has 142 valence electrons. The molecule has 0 unspecified atom stereocenters. The highest BCUT2D eigenvalue weighted by Gasteiger charge is 2.44. The average Bonchev–Trinajstić information content (AvgIpc) is 2.82. The fourth-order valence-electron chi connectivity index (χ4n) is 3.68. The van der Waals surface area contributed by atoms with E-state index in [-0.39, 0.29) is 0 Å². The fourth-order valence-corrected chi connectivity index (χ4v) is 8.72. The lowest BCUT2D eigenvalue weighted by molar-refractivity contribution is 1.65. The zero-order chi connectivity index (χ0) is 19.9. The molecule has 0 bridgehead atoms. The summed E-state index contributed by atoms with van der Waals surface area (Å²) in [4.78, 5) is 1.32. The van der Waals surface area contributed by atoms with E-state index in [4.69, 9.17) is 0 Å². The van der Waals surface area contributed by atoms with Crippen molar-refractivity contribution in [1.29, 1.82) is 0 Å². The van der Waals surface area contributed by atoms with Crippen molar-refractivity contribution in [3.63, 3.8) is 0 Å². The molecule has 29 heavy (non-hydrogen) atoms. The minimum absolute atomic E-state index is 1.27. The van der Waals surface area contributed by atoms with Gasteiger partial charge in [-0.3, -0.25) is 0 Å². The summed E-state index contributed by atoms with van der Waals surface area (Å²) in [7, 11) is -1.97. The molecule has 0 aliphatic rings. The van der Waals surface area contributed by atoms with Crippen molar-refractivity contribution >= 4 is 39.8 Å². The van der Waals surface area contributed by atoms with Crippen LogP contribution >= 0.6 is 19.0 Å². The van der Waals surface area contributed by atoms with Crippen LogP contribution in [-0.2, 0) is 0 Å². The van der Waals surface area contributed by atoms with E-state index in [2.05, 4.69) is 133 Å². The monoisotopic (exact) mass is 411 g/mol. The zero-order valence-corrected chi connectivity index (χ0v) is 18.2. The van der Waals surface area contributed by atoms with Crippen LogP contribution in [0, 0.1) is 0 Å². The third-order valence-electron chi connectivity index (χ3n) is 5.08. The highest BCUT2D eigenvalue weighted by Crippen LogP contribution is 2.59. The maximum Gasteiger partial charge on any atom is 0.138 e. The van der Waals surface area contributed by atoms with Crippen molar-refractivity contribution in [3.8, 4) is 0 Å². The molecule has 4 aromatic rings. The van der Waals surface area contributed by atoms with Crippen LogP contribution in [0.2, 0.25) is 0 Å². The van der Waals surface area contributed by atoms with Crippen LogP contribution in [0.1, 0.15) is 5.56 Å². The van der Waals surface area contributed by atoms with E-state index in [9.17, 15) is 0 Å². The van der Waals surface area contributed by atoms with Crippen molar-refractivity contribution in [2.45, 2.75) is 0 Å². The van der Waals surface area contributed by atoms with E-state index in [1.165, 1.54) is 26.4 Å². The van der Waals surface area contributed by atoms with Gasteiger partial charge in [-0.2, -0.15) is 0 Å². The number of benzene rings is 4. The molecule has 4 rings (SSSR count). The molecule has 0 aliphatic heterocycles. The van der Waals surface area contributed by atoms with E-state index in [0.717, 1.165) is 0 Å². The standard InChI is InChI=1S/C27H24PS/c1-29-27(23-14-6-2-7-15-23)22-28(24-16-8-3-9-17-24,25-18-10-4-11-19-25)26-20-12-5-13-21-26/h2-22H,1H3/q+1/b27-22-. The Bertz CT molecular complexity index is 962. The Morgan fingerprint density at radius 2 is 0.897 bits per heavy atom. The average molecular weight is 412 g/mol. The molecular formula is C27H24PS+. The normalized spacial score (nSPS) is 12.0. The predicted molar refractivity (Wildman–Crippen MR) is 133 cm³/mol. The Morgan fingerprint density at radius 1 is 0.552 bits per heavy atom. The van der Waals surface area contributed by atoms with Gasteiger partial charge in [0.2, 0.25) is 0 Å². The summed E-state index contributed by atoms with van der Waals surface area (Å²) in [6.45, 7) is 0. The smallest absolute Gasteiger partial charge is 0.126 e. The van der Waals surface area contributed by atoms with Crippen molar-refractivity contribution in [1.82, 2.24) is 0 Å². The van der Waals surface area contributed by atoms with Crippen molar-refractivity contribution < 1.29 is 0 Å². The third kappa shape index (κ3) is 4.08. The number of hydrogen-bond donors (Lipinski definition) is 0. The van der Waals surface area contributed by atoms with Gasteiger partial charge >= 0.3 is 0 Å². The van der Waals surface area contributed by atoms with Gasteiger partial charge in [0.15, 0.2) is 0 Å². The van der Waals surface area contributed by atoms with Gasteiger partial charge in [-0.1, -0.05) is 84.9 Å². The van der Waals surface area contributed by atoms with Gasteiger partial charge in [0, 0.05) is 0 Å².